The number of rotatable bonds is 1. The normalized spacial score (nSPS) is 9.82. The number of aryl methyl sites for hydroxylation is 1. The molecule has 0 saturated heterocycles. The molecule has 0 aliphatic carbocycles. The molecule has 0 N–H and O–H groups in total. The predicted molar refractivity (Wildman–Crippen MR) is 101 cm³/mol. The molecule has 0 radical (unpaired) electrons. The number of nitrogens with zero attached hydrogens (tertiary/aromatic N) is 2. The van der Waals surface area contributed by atoms with E-state index in [1.165, 1.54) is 11.1 Å². The van der Waals surface area contributed by atoms with Gasteiger partial charge in [-0.1, -0.05) is 53.0 Å². The van der Waals surface area contributed by atoms with Gasteiger partial charge in [-0.25, -0.2) is 9.97 Å². The van der Waals surface area contributed by atoms with E-state index >= 15 is 0 Å². The Hall–Kier alpha value is -1.17. The molecular weight excluding hydrogens is 430 g/mol. The molecule has 2 aromatic heterocycles. The van der Waals surface area contributed by atoms with Crippen molar-refractivity contribution in [1.82, 2.24) is 9.97 Å². The van der Waals surface area contributed by atoms with Crippen LogP contribution in [0.4, 0.5) is 0 Å². The number of benzene rings is 1. The summed E-state index contributed by atoms with van der Waals surface area (Å²) in [6.45, 7) is 2.07. The lowest BCUT2D eigenvalue weighted by atomic mass is 10.1. The van der Waals surface area contributed by atoms with Gasteiger partial charge in [0.05, 0.1) is 0 Å². The summed E-state index contributed by atoms with van der Waals surface area (Å²) in [5.41, 5.74) is 3.53. The summed E-state index contributed by atoms with van der Waals surface area (Å²) in [5, 5.41) is 1.08. The summed E-state index contributed by atoms with van der Waals surface area (Å²) in [5.74, 6) is 0. The first-order chi connectivity index (χ1) is 10.5. The van der Waals surface area contributed by atoms with Crippen molar-refractivity contribution in [1.29, 1.82) is 0 Å². The molecule has 0 spiro atoms. The fourth-order valence-corrected chi connectivity index (χ4v) is 2.69. The zero-order valence-corrected chi connectivity index (χ0v) is 15.5. The Balaban J connectivity index is 0.000000188. The van der Waals surface area contributed by atoms with Crippen molar-refractivity contribution >= 4 is 45.8 Å². The molecule has 0 atom stereocenters. The van der Waals surface area contributed by atoms with Gasteiger partial charge in [-0.2, -0.15) is 0 Å². The molecule has 0 aliphatic rings. The van der Waals surface area contributed by atoms with E-state index in [0.29, 0.717) is 10.3 Å². The largest absolute Gasteiger partial charge is 0.245 e. The molecule has 0 bridgehead atoms. The van der Waals surface area contributed by atoms with Gasteiger partial charge in [0.25, 0.3) is 0 Å². The standard InChI is InChI=1S/C12H10ClN.C5H3ClIN/c1-9-2-4-10(5-3-9)11-6-7-14-12(13)8-11;6-5-3-4(7)1-2-8-5/h2-8H,1H3;1-3H. The van der Waals surface area contributed by atoms with Crippen molar-refractivity contribution < 1.29 is 0 Å². The molecule has 0 aliphatic heterocycles. The monoisotopic (exact) mass is 442 g/mol. The van der Waals surface area contributed by atoms with E-state index in [1.807, 2.05) is 24.3 Å². The molecule has 2 heterocycles. The number of hydrogen-bond acceptors (Lipinski definition) is 2. The summed E-state index contributed by atoms with van der Waals surface area (Å²) in [6, 6.07) is 15.9. The van der Waals surface area contributed by atoms with E-state index in [2.05, 4.69) is 63.7 Å². The third-order valence-electron chi connectivity index (χ3n) is 2.80. The molecule has 0 unspecified atom stereocenters. The molecule has 0 saturated carbocycles. The lowest BCUT2D eigenvalue weighted by molar-refractivity contribution is 1.32. The SMILES string of the molecule is Cc1ccc(-c2ccnc(Cl)c2)cc1.Clc1cc(I)ccn1. The van der Waals surface area contributed by atoms with E-state index in [9.17, 15) is 0 Å². The molecule has 5 heteroatoms. The minimum absolute atomic E-state index is 0.531. The number of hydrogen-bond donors (Lipinski definition) is 0. The van der Waals surface area contributed by atoms with Crippen LogP contribution >= 0.6 is 45.8 Å². The Morgan fingerprint density at radius 1 is 0.773 bits per heavy atom. The molecule has 3 rings (SSSR count). The smallest absolute Gasteiger partial charge is 0.130 e. The van der Waals surface area contributed by atoms with E-state index in [0.717, 1.165) is 9.13 Å². The Morgan fingerprint density at radius 3 is 1.86 bits per heavy atom. The maximum atomic E-state index is 5.81. The van der Waals surface area contributed by atoms with Crippen LogP contribution in [-0.4, -0.2) is 9.97 Å². The van der Waals surface area contributed by atoms with Crippen LogP contribution in [0.5, 0.6) is 0 Å². The van der Waals surface area contributed by atoms with Gasteiger partial charge in [-0.15, -0.1) is 0 Å². The van der Waals surface area contributed by atoms with E-state index in [-0.39, 0.29) is 0 Å². The lowest BCUT2D eigenvalue weighted by Crippen LogP contribution is -1.80. The molecule has 0 fully saturated rings. The fraction of sp³-hybridized carbons (Fsp3) is 0.0588. The van der Waals surface area contributed by atoms with Crippen LogP contribution < -0.4 is 0 Å². The summed E-state index contributed by atoms with van der Waals surface area (Å²) in [6.07, 6.45) is 3.40. The highest BCUT2D eigenvalue weighted by Crippen LogP contribution is 2.21. The maximum absolute atomic E-state index is 5.81. The zero-order valence-electron chi connectivity index (χ0n) is 11.8. The molecule has 1 aromatic carbocycles. The van der Waals surface area contributed by atoms with Crippen LogP contribution in [0.2, 0.25) is 10.3 Å². The van der Waals surface area contributed by atoms with E-state index < -0.39 is 0 Å². The molecular formula is C17H13Cl2IN2. The van der Waals surface area contributed by atoms with Gasteiger partial charge in [-0.3, -0.25) is 0 Å². The number of halogens is 3. The second-order valence-electron chi connectivity index (χ2n) is 4.53. The first kappa shape index (κ1) is 17.2. The number of pyridine rings is 2. The predicted octanol–water partition coefficient (Wildman–Crippen LogP) is 6.05. The van der Waals surface area contributed by atoms with Crippen molar-refractivity contribution in [3.63, 3.8) is 0 Å². The summed E-state index contributed by atoms with van der Waals surface area (Å²) in [7, 11) is 0. The van der Waals surface area contributed by atoms with Gasteiger partial charge in [0.1, 0.15) is 10.3 Å². The minimum atomic E-state index is 0.531. The molecule has 22 heavy (non-hydrogen) atoms. The van der Waals surface area contributed by atoms with E-state index in [1.54, 1.807) is 12.4 Å². The second-order valence-corrected chi connectivity index (χ2v) is 6.55. The van der Waals surface area contributed by atoms with Crippen LogP contribution in [0, 0.1) is 10.5 Å². The highest BCUT2D eigenvalue weighted by molar-refractivity contribution is 14.1. The second kappa shape index (κ2) is 8.46. The lowest BCUT2D eigenvalue weighted by Gasteiger charge is -2.01. The Bertz CT molecular complexity index is 728. The Morgan fingerprint density at radius 2 is 1.36 bits per heavy atom. The fourth-order valence-electron chi connectivity index (χ4n) is 1.71. The van der Waals surface area contributed by atoms with Gasteiger partial charge in [0.2, 0.25) is 0 Å². The van der Waals surface area contributed by atoms with Crippen molar-refractivity contribution in [2.75, 3.05) is 0 Å². The first-order valence-corrected chi connectivity index (χ1v) is 8.34. The van der Waals surface area contributed by atoms with Gasteiger partial charge < -0.3 is 0 Å². The Labute approximate surface area is 153 Å². The third-order valence-corrected chi connectivity index (χ3v) is 3.88. The maximum Gasteiger partial charge on any atom is 0.130 e. The molecule has 2 nitrogen and oxygen atoms in total. The Kier molecular flexibility index (Phi) is 6.61. The van der Waals surface area contributed by atoms with Gasteiger partial charge in [0.15, 0.2) is 0 Å². The third kappa shape index (κ3) is 5.55. The van der Waals surface area contributed by atoms with Crippen molar-refractivity contribution in [3.8, 4) is 11.1 Å². The van der Waals surface area contributed by atoms with Crippen LogP contribution in [-0.2, 0) is 0 Å². The van der Waals surface area contributed by atoms with Gasteiger partial charge >= 0.3 is 0 Å². The summed E-state index contributed by atoms with van der Waals surface area (Å²) in [4.78, 5) is 7.75. The van der Waals surface area contributed by atoms with Crippen LogP contribution in [0.1, 0.15) is 5.56 Å². The van der Waals surface area contributed by atoms with Gasteiger partial charge in [-0.05, 0) is 64.9 Å². The van der Waals surface area contributed by atoms with E-state index in [4.69, 9.17) is 23.2 Å². The molecule has 3 aromatic rings. The first-order valence-electron chi connectivity index (χ1n) is 6.50. The highest BCUT2D eigenvalue weighted by atomic mass is 127. The zero-order chi connectivity index (χ0) is 15.9. The average molecular weight is 443 g/mol. The summed E-state index contributed by atoms with van der Waals surface area (Å²) >= 11 is 13.5. The quantitative estimate of drug-likeness (QED) is 0.338. The van der Waals surface area contributed by atoms with Crippen molar-refractivity contribution in [3.05, 3.63) is 80.4 Å². The highest BCUT2D eigenvalue weighted by Gasteiger charge is 1.97. The van der Waals surface area contributed by atoms with Crippen molar-refractivity contribution in [2.24, 2.45) is 0 Å². The number of aromatic nitrogens is 2. The van der Waals surface area contributed by atoms with Gasteiger partial charge in [0, 0.05) is 16.0 Å². The topological polar surface area (TPSA) is 25.8 Å². The molecule has 112 valence electrons. The van der Waals surface area contributed by atoms with Crippen LogP contribution in [0.15, 0.2) is 60.9 Å². The molecule has 0 amide bonds. The van der Waals surface area contributed by atoms with Crippen molar-refractivity contribution in [2.45, 2.75) is 6.92 Å². The average Bonchev–Trinajstić information content (AvgIpc) is 2.48. The minimum Gasteiger partial charge on any atom is -0.245 e. The van der Waals surface area contributed by atoms with Crippen LogP contribution in [0.25, 0.3) is 11.1 Å². The van der Waals surface area contributed by atoms with Crippen LogP contribution in [0.3, 0.4) is 0 Å². The summed E-state index contributed by atoms with van der Waals surface area (Å²) < 4.78 is 1.11.